The van der Waals surface area contributed by atoms with E-state index in [0.29, 0.717) is 12.8 Å². The highest BCUT2D eigenvalue weighted by molar-refractivity contribution is 6.80. The lowest BCUT2D eigenvalue weighted by Crippen LogP contribution is -2.43. The molecule has 2 atom stereocenters. The summed E-state index contributed by atoms with van der Waals surface area (Å²) < 4.78 is 4.99. The average Bonchev–Trinajstić information content (AvgIpc) is 2.53. The van der Waals surface area contributed by atoms with Crippen molar-refractivity contribution < 1.29 is 14.6 Å². The first kappa shape index (κ1) is 15.2. The third-order valence-corrected chi connectivity index (χ3v) is 4.39. The zero-order valence-corrected chi connectivity index (χ0v) is 12.8. The fraction of sp³-hybridized carbons (Fsp3) is 0.643. The van der Waals surface area contributed by atoms with Crippen LogP contribution in [0.25, 0.3) is 0 Å². The SMILES string of the molecule is C=C1CC[C@](O)(C(=O)OCC)[C@H]1/C=C/[Si](C)(C)C. The van der Waals surface area contributed by atoms with Crippen molar-refractivity contribution in [1.82, 2.24) is 0 Å². The molecule has 1 N–H and O–H groups in total. The van der Waals surface area contributed by atoms with Gasteiger partial charge in [-0.1, -0.05) is 43.6 Å². The number of rotatable bonds is 4. The molecule has 0 amide bonds. The minimum absolute atomic E-state index is 0.290. The largest absolute Gasteiger partial charge is 0.464 e. The summed E-state index contributed by atoms with van der Waals surface area (Å²) in [6.45, 7) is 12.6. The molecule has 3 nitrogen and oxygen atoms in total. The predicted molar refractivity (Wildman–Crippen MR) is 75.9 cm³/mol. The van der Waals surface area contributed by atoms with Crippen molar-refractivity contribution in [2.24, 2.45) is 5.92 Å². The molecule has 4 heteroatoms. The molecule has 0 spiro atoms. The van der Waals surface area contributed by atoms with E-state index >= 15 is 0 Å². The van der Waals surface area contributed by atoms with E-state index in [1.54, 1.807) is 6.92 Å². The van der Waals surface area contributed by atoms with Crippen LogP contribution >= 0.6 is 0 Å². The molecular formula is C14H24O3Si. The summed E-state index contributed by atoms with van der Waals surface area (Å²) in [5.41, 5.74) is 1.65. The zero-order valence-electron chi connectivity index (χ0n) is 11.8. The number of esters is 1. The Morgan fingerprint density at radius 2 is 2.22 bits per heavy atom. The molecule has 18 heavy (non-hydrogen) atoms. The molecule has 0 unspecified atom stereocenters. The van der Waals surface area contributed by atoms with Crippen LogP contribution < -0.4 is 0 Å². The maximum atomic E-state index is 11.9. The van der Waals surface area contributed by atoms with Crippen molar-refractivity contribution in [2.45, 2.75) is 45.0 Å². The molecule has 0 bridgehead atoms. The minimum Gasteiger partial charge on any atom is -0.464 e. The second-order valence-electron chi connectivity index (χ2n) is 6.01. The second-order valence-corrected chi connectivity index (χ2v) is 11.1. The van der Waals surface area contributed by atoms with Gasteiger partial charge in [0, 0.05) is 5.92 Å². The van der Waals surface area contributed by atoms with Crippen LogP contribution in [0.5, 0.6) is 0 Å². The Bertz CT molecular complexity index is 368. The van der Waals surface area contributed by atoms with E-state index in [2.05, 4.69) is 31.9 Å². The molecule has 0 radical (unpaired) electrons. The van der Waals surface area contributed by atoms with Crippen molar-refractivity contribution >= 4 is 14.0 Å². The van der Waals surface area contributed by atoms with Crippen molar-refractivity contribution in [3.8, 4) is 0 Å². The van der Waals surface area contributed by atoms with Crippen LogP contribution in [0.2, 0.25) is 19.6 Å². The van der Waals surface area contributed by atoms with Crippen LogP contribution in [0.4, 0.5) is 0 Å². The van der Waals surface area contributed by atoms with Crippen LogP contribution in [0, 0.1) is 5.92 Å². The number of ether oxygens (including phenoxy) is 1. The lowest BCUT2D eigenvalue weighted by molar-refractivity contribution is -0.166. The number of hydrogen-bond donors (Lipinski definition) is 1. The number of hydrogen-bond acceptors (Lipinski definition) is 3. The summed E-state index contributed by atoms with van der Waals surface area (Å²) >= 11 is 0. The Kier molecular flexibility index (Phi) is 4.56. The van der Waals surface area contributed by atoms with Gasteiger partial charge in [0.2, 0.25) is 0 Å². The summed E-state index contributed by atoms with van der Waals surface area (Å²) in [5.74, 6) is -0.822. The quantitative estimate of drug-likeness (QED) is 0.484. The Hall–Kier alpha value is -0.873. The van der Waals surface area contributed by atoms with Crippen LogP contribution in [0.1, 0.15) is 19.8 Å². The summed E-state index contributed by atoms with van der Waals surface area (Å²) in [7, 11) is -1.36. The maximum absolute atomic E-state index is 11.9. The van der Waals surface area contributed by atoms with E-state index in [0.717, 1.165) is 5.57 Å². The summed E-state index contributed by atoms with van der Waals surface area (Å²) in [5, 5.41) is 10.5. The van der Waals surface area contributed by atoms with Gasteiger partial charge in [0.05, 0.1) is 14.7 Å². The summed E-state index contributed by atoms with van der Waals surface area (Å²) in [4.78, 5) is 11.9. The second kappa shape index (κ2) is 5.41. The van der Waals surface area contributed by atoms with Gasteiger partial charge >= 0.3 is 5.97 Å². The average molecular weight is 268 g/mol. The lowest BCUT2D eigenvalue weighted by Gasteiger charge is -2.26. The fourth-order valence-corrected chi connectivity index (χ4v) is 2.93. The van der Waals surface area contributed by atoms with Gasteiger partial charge in [-0.05, 0) is 19.8 Å². The first-order valence-electron chi connectivity index (χ1n) is 6.47. The molecule has 0 saturated heterocycles. The molecule has 0 aromatic rings. The smallest absolute Gasteiger partial charge is 0.339 e. The Balaban J connectivity index is 2.95. The van der Waals surface area contributed by atoms with Crippen LogP contribution in [-0.4, -0.2) is 31.4 Å². The van der Waals surface area contributed by atoms with E-state index in [1.807, 2.05) is 6.08 Å². The van der Waals surface area contributed by atoms with Crippen LogP contribution in [0.3, 0.4) is 0 Å². The molecule has 0 aromatic carbocycles. The standard InChI is InChI=1S/C14H24O3Si/c1-6-17-13(15)14(16)9-7-11(2)12(14)8-10-18(3,4)5/h8,10,12,16H,2,6-7,9H2,1,3-5H3/b10-8+/t12-,14+/m0/s1. The molecule has 0 heterocycles. The highest BCUT2D eigenvalue weighted by Crippen LogP contribution is 2.41. The van der Waals surface area contributed by atoms with Crippen molar-refractivity contribution in [2.75, 3.05) is 6.61 Å². The van der Waals surface area contributed by atoms with E-state index in [-0.39, 0.29) is 12.5 Å². The van der Waals surface area contributed by atoms with E-state index in [4.69, 9.17) is 4.74 Å². The van der Waals surface area contributed by atoms with Crippen LogP contribution in [0.15, 0.2) is 23.9 Å². The topological polar surface area (TPSA) is 46.5 Å². The van der Waals surface area contributed by atoms with Crippen molar-refractivity contribution in [3.63, 3.8) is 0 Å². The molecular weight excluding hydrogens is 244 g/mol. The zero-order chi connectivity index (χ0) is 14.0. The molecule has 0 aromatic heterocycles. The number of carbonyl (C=O) groups is 1. The molecule has 1 saturated carbocycles. The molecule has 1 aliphatic rings. The third-order valence-electron chi connectivity index (χ3n) is 3.20. The first-order valence-corrected chi connectivity index (χ1v) is 10.0. The Morgan fingerprint density at radius 3 is 2.72 bits per heavy atom. The van der Waals surface area contributed by atoms with Gasteiger partial charge in [0.25, 0.3) is 0 Å². The van der Waals surface area contributed by atoms with Crippen molar-refractivity contribution in [3.05, 3.63) is 23.9 Å². The Labute approximate surface area is 111 Å². The van der Waals surface area contributed by atoms with Gasteiger partial charge in [0.15, 0.2) is 5.60 Å². The van der Waals surface area contributed by atoms with Crippen molar-refractivity contribution in [1.29, 1.82) is 0 Å². The van der Waals surface area contributed by atoms with E-state index < -0.39 is 19.6 Å². The number of carbonyl (C=O) groups excluding carboxylic acids is 1. The normalized spacial score (nSPS) is 28.9. The van der Waals surface area contributed by atoms with Gasteiger partial charge in [-0.25, -0.2) is 4.79 Å². The lowest BCUT2D eigenvalue weighted by atomic mass is 9.89. The van der Waals surface area contributed by atoms with Gasteiger partial charge < -0.3 is 9.84 Å². The molecule has 0 aliphatic heterocycles. The van der Waals surface area contributed by atoms with Gasteiger partial charge in [0.1, 0.15) is 0 Å². The molecule has 1 fully saturated rings. The van der Waals surface area contributed by atoms with E-state index in [9.17, 15) is 9.90 Å². The molecule has 102 valence electrons. The highest BCUT2D eigenvalue weighted by atomic mass is 28.3. The van der Waals surface area contributed by atoms with Gasteiger partial charge in [-0.3, -0.25) is 0 Å². The summed E-state index contributed by atoms with van der Waals surface area (Å²) in [6, 6.07) is 0. The molecule has 1 rings (SSSR count). The predicted octanol–water partition coefficient (Wildman–Crippen LogP) is 2.68. The first-order chi connectivity index (χ1) is 8.20. The van der Waals surface area contributed by atoms with Crippen LogP contribution in [-0.2, 0) is 9.53 Å². The minimum atomic E-state index is -1.41. The van der Waals surface area contributed by atoms with Gasteiger partial charge in [-0.2, -0.15) is 0 Å². The number of aliphatic hydroxyl groups is 1. The monoisotopic (exact) mass is 268 g/mol. The maximum Gasteiger partial charge on any atom is 0.339 e. The third kappa shape index (κ3) is 3.33. The van der Waals surface area contributed by atoms with Gasteiger partial charge in [-0.15, -0.1) is 0 Å². The van der Waals surface area contributed by atoms with E-state index in [1.165, 1.54) is 0 Å². The Morgan fingerprint density at radius 1 is 1.61 bits per heavy atom. The fourth-order valence-electron chi connectivity index (χ4n) is 2.17. The summed E-state index contributed by atoms with van der Waals surface area (Å²) in [6.07, 6.45) is 3.04. The molecule has 1 aliphatic carbocycles. The highest BCUT2D eigenvalue weighted by Gasteiger charge is 2.49.